The number of hydrogen-bond donors (Lipinski definition) is 2. The third kappa shape index (κ3) is 4.13. The fraction of sp³-hybridized carbons (Fsp3) is 0.333. The molecule has 0 bridgehead atoms. The van der Waals surface area contributed by atoms with Gasteiger partial charge < -0.3 is 0 Å². The standard InChI is InChI=1S/C9H13NO2S2/c11-14(12,7-6-13)10-8-9-4-2-1-3-5-9/h1-5,10,13H,6-8H2. The second kappa shape index (κ2) is 5.38. The van der Waals surface area contributed by atoms with Gasteiger partial charge in [0.15, 0.2) is 0 Å². The SMILES string of the molecule is O=S(=O)(CCS)NCc1ccccc1. The van der Waals surface area contributed by atoms with Gasteiger partial charge in [0.1, 0.15) is 0 Å². The summed E-state index contributed by atoms with van der Waals surface area (Å²) in [7, 11) is -3.16. The molecular formula is C9H13NO2S2. The fourth-order valence-electron chi connectivity index (χ4n) is 0.981. The molecule has 0 aliphatic carbocycles. The molecule has 14 heavy (non-hydrogen) atoms. The molecule has 0 aliphatic rings. The van der Waals surface area contributed by atoms with E-state index in [-0.39, 0.29) is 5.75 Å². The highest BCUT2D eigenvalue weighted by Crippen LogP contribution is 1.98. The molecule has 0 atom stereocenters. The first-order valence-electron chi connectivity index (χ1n) is 4.26. The summed E-state index contributed by atoms with van der Waals surface area (Å²) in [6, 6.07) is 9.41. The van der Waals surface area contributed by atoms with Crippen LogP contribution in [0, 0.1) is 0 Å². The molecule has 0 unspecified atom stereocenters. The van der Waals surface area contributed by atoms with Crippen LogP contribution < -0.4 is 4.72 Å². The van der Waals surface area contributed by atoms with E-state index in [1.54, 1.807) is 0 Å². The van der Waals surface area contributed by atoms with Gasteiger partial charge in [-0.1, -0.05) is 30.3 Å². The summed E-state index contributed by atoms with van der Waals surface area (Å²) >= 11 is 3.88. The monoisotopic (exact) mass is 231 g/mol. The summed E-state index contributed by atoms with van der Waals surface area (Å²) in [6.45, 7) is 0.344. The average molecular weight is 231 g/mol. The van der Waals surface area contributed by atoms with Crippen LogP contribution in [0.15, 0.2) is 30.3 Å². The zero-order valence-corrected chi connectivity index (χ0v) is 9.39. The topological polar surface area (TPSA) is 46.2 Å². The highest BCUT2D eigenvalue weighted by atomic mass is 32.2. The Morgan fingerprint density at radius 3 is 2.43 bits per heavy atom. The van der Waals surface area contributed by atoms with Crippen LogP contribution >= 0.6 is 12.6 Å². The Balaban J connectivity index is 2.49. The lowest BCUT2D eigenvalue weighted by Crippen LogP contribution is -2.26. The summed E-state index contributed by atoms with van der Waals surface area (Å²) in [5.74, 6) is 0.396. The molecular weight excluding hydrogens is 218 g/mol. The van der Waals surface area contributed by atoms with Gasteiger partial charge in [0.25, 0.3) is 0 Å². The van der Waals surface area contributed by atoms with E-state index in [4.69, 9.17) is 0 Å². The minimum atomic E-state index is -3.16. The third-order valence-corrected chi connectivity index (χ3v) is 3.55. The van der Waals surface area contributed by atoms with Crippen LogP contribution in [0.2, 0.25) is 0 Å². The maximum absolute atomic E-state index is 11.2. The lowest BCUT2D eigenvalue weighted by Gasteiger charge is -2.04. The van der Waals surface area contributed by atoms with E-state index in [9.17, 15) is 8.42 Å². The third-order valence-electron chi connectivity index (χ3n) is 1.70. The maximum atomic E-state index is 11.2. The van der Waals surface area contributed by atoms with E-state index >= 15 is 0 Å². The van der Waals surface area contributed by atoms with Gasteiger partial charge in [-0.3, -0.25) is 0 Å². The molecule has 78 valence electrons. The summed E-state index contributed by atoms with van der Waals surface area (Å²) in [5, 5.41) is 0. The van der Waals surface area contributed by atoms with Gasteiger partial charge in [0, 0.05) is 12.3 Å². The Labute approximate surface area is 90.0 Å². The molecule has 0 aliphatic heterocycles. The van der Waals surface area contributed by atoms with Gasteiger partial charge in [0.05, 0.1) is 5.75 Å². The van der Waals surface area contributed by atoms with Crippen LogP contribution in [-0.2, 0) is 16.6 Å². The quantitative estimate of drug-likeness (QED) is 0.744. The number of benzene rings is 1. The highest BCUT2D eigenvalue weighted by molar-refractivity contribution is 7.90. The van der Waals surface area contributed by atoms with E-state index < -0.39 is 10.0 Å². The summed E-state index contributed by atoms with van der Waals surface area (Å²) in [6.07, 6.45) is 0. The molecule has 1 aromatic carbocycles. The van der Waals surface area contributed by atoms with Crippen LogP contribution in [0.4, 0.5) is 0 Å². The Hall–Kier alpha value is -0.520. The lowest BCUT2D eigenvalue weighted by molar-refractivity contribution is 0.583. The van der Waals surface area contributed by atoms with E-state index in [1.165, 1.54) is 0 Å². The average Bonchev–Trinajstić information content (AvgIpc) is 2.17. The molecule has 0 aromatic heterocycles. The van der Waals surface area contributed by atoms with Crippen LogP contribution in [0.25, 0.3) is 0 Å². The summed E-state index contributed by atoms with van der Waals surface area (Å²) < 4.78 is 25.0. The summed E-state index contributed by atoms with van der Waals surface area (Å²) in [4.78, 5) is 0. The summed E-state index contributed by atoms with van der Waals surface area (Å²) in [5.41, 5.74) is 0.954. The van der Waals surface area contributed by atoms with Crippen LogP contribution in [0.5, 0.6) is 0 Å². The Bertz CT molecular complexity index is 362. The molecule has 0 heterocycles. The largest absolute Gasteiger partial charge is 0.212 e. The lowest BCUT2D eigenvalue weighted by atomic mass is 10.2. The number of nitrogens with one attached hydrogen (secondary N) is 1. The van der Waals surface area contributed by atoms with Crippen molar-refractivity contribution in [3.05, 3.63) is 35.9 Å². The second-order valence-corrected chi connectivity index (χ2v) is 5.22. The molecule has 0 saturated carbocycles. The van der Waals surface area contributed by atoms with E-state index in [0.29, 0.717) is 12.3 Å². The van der Waals surface area contributed by atoms with Gasteiger partial charge in [0.2, 0.25) is 10.0 Å². The maximum Gasteiger partial charge on any atom is 0.212 e. The van der Waals surface area contributed by atoms with Crippen molar-refractivity contribution in [3.8, 4) is 0 Å². The van der Waals surface area contributed by atoms with E-state index in [1.807, 2.05) is 30.3 Å². The van der Waals surface area contributed by atoms with Crippen molar-refractivity contribution in [1.82, 2.24) is 4.72 Å². The van der Waals surface area contributed by atoms with Gasteiger partial charge >= 0.3 is 0 Å². The predicted molar refractivity (Wildman–Crippen MR) is 60.9 cm³/mol. The molecule has 1 rings (SSSR count). The van der Waals surface area contributed by atoms with Crippen molar-refractivity contribution in [1.29, 1.82) is 0 Å². The van der Waals surface area contributed by atoms with Gasteiger partial charge in [-0.15, -0.1) is 0 Å². The fourth-order valence-corrected chi connectivity index (χ4v) is 2.47. The van der Waals surface area contributed by atoms with Crippen molar-refractivity contribution in [2.24, 2.45) is 0 Å². The van der Waals surface area contributed by atoms with Crippen molar-refractivity contribution in [3.63, 3.8) is 0 Å². The smallest absolute Gasteiger partial charge is 0.212 e. The van der Waals surface area contributed by atoms with Crippen LogP contribution in [-0.4, -0.2) is 19.9 Å². The van der Waals surface area contributed by atoms with Crippen molar-refractivity contribution >= 4 is 22.7 Å². The van der Waals surface area contributed by atoms with Crippen molar-refractivity contribution in [2.75, 3.05) is 11.5 Å². The van der Waals surface area contributed by atoms with Gasteiger partial charge in [-0.05, 0) is 5.56 Å². The minimum Gasteiger partial charge on any atom is -0.212 e. The molecule has 0 fully saturated rings. The van der Waals surface area contributed by atoms with Crippen molar-refractivity contribution < 1.29 is 8.42 Å². The molecule has 5 heteroatoms. The Morgan fingerprint density at radius 2 is 1.86 bits per heavy atom. The molecule has 3 nitrogen and oxygen atoms in total. The van der Waals surface area contributed by atoms with Gasteiger partial charge in [-0.2, -0.15) is 12.6 Å². The first-order chi connectivity index (χ1) is 6.64. The molecule has 0 saturated heterocycles. The second-order valence-electron chi connectivity index (χ2n) is 2.85. The molecule has 0 amide bonds. The van der Waals surface area contributed by atoms with Crippen molar-refractivity contribution in [2.45, 2.75) is 6.54 Å². The minimum absolute atomic E-state index is 0.0585. The number of rotatable bonds is 5. The molecule has 1 N–H and O–H groups in total. The highest BCUT2D eigenvalue weighted by Gasteiger charge is 2.07. The number of hydrogen-bond acceptors (Lipinski definition) is 3. The first-order valence-corrected chi connectivity index (χ1v) is 6.54. The predicted octanol–water partition coefficient (Wildman–Crippen LogP) is 1.04. The van der Waals surface area contributed by atoms with Crippen LogP contribution in [0.3, 0.4) is 0 Å². The van der Waals surface area contributed by atoms with Gasteiger partial charge in [-0.25, -0.2) is 13.1 Å². The van der Waals surface area contributed by atoms with E-state index in [2.05, 4.69) is 17.4 Å². The first kappa shape index (κ1) is 11.6. The number of thiol groups is 1. The normalized spacial score (nSPS) is 11.5. The Morgan fingerprint density at radius 1 is 1.21 bits per heavy atom. The Kier molecular flexibility index (Phi) is 4.44. The molecule has 0 spiro atoms. The zero-order chi connectivity index (χ0) is 10.4. The zero-order valence-electron chi connectivity index (χ0n) is 7.68. The molecule has 0 radical (unpaired) electrons. The van der Waals surface area contributed by atoms with Crippen LogP contribution in [0.1, 0.15) is 5.56 Å². The number of sulfonamides is 1. The van der Waals surface area contributed by atoms with E-state index in [0.717, 1.165) is 5.56 Å². The molecule has 1 aromatic rings.